The van der Waals surface area contributed by atoms with Crippen LogP contribution in [0.4, 0.5) is 18.0 Å². The van der Waals surface area contributed by atoms with Crippen molar-refractivity contribution in [1.29, 1.82) is 0 Å². The van der Waals surface area contributed by atoms with E-state index < -0.39 is 30.5 Å². The van der Waals surface area contributed by atoms with Gasteiger partial charge >= 0.3 is 12.3 Å². The second-order valence-electron chi connectivity index (χ2n) is 4.36. The first kappa shape index (κ1) is 14.6. The van der Waals surface area contributed by atoms with Gasteiger partial charge in [0.15, 0.2) is 0 Å². The number of alkyl halides is 3. The van der Waals surface area contributed by atoms with E-state index in [0.29, 0.717) is 0 Å². The number of rotatable bonds is 2. The van der Waals surface area contributed by atoms with Crippen LogP contribution in [0, 0.1) is 0 Å². The molecule has 1 aromatic heterocycles. The van der Waals surface area contributed by atoms with Gasteiger partial charge in [-0.15, -0.1) is 0 Å². The van der Waals surface area contributed by atoms with Crippen LogP contribution in [-0.2, 0) is 9.47 Å². The van der Waals surface area contributed by atoms with E-state index in [0.717, 1.165) is 0 Å². The molecule has 0 radical (unpaired) electrons. The van der Waals surface area contributed by atoms with Crippen LogP contribution in [0.15, 0.2) is 24.4 Å². The molecular formula is C12H12F3NO4. The van der Waals surface area contributed by atoms with Gasteiger partial charge in [0.1, 0.15) is 6.10 Å². The monoisotopic (exact) mass is 291 g/mol. The summed E-state index contributed by atoms with van der Waals surface area (Å²) in [4.78, 5) is 14.5. The van der Waals surface area contributed by atoms with Gasteiger partial charge in [-0.1, -0.05) is 6.07 Å². The number of pyridine rings is 1. The van der Waals surface area contributed by atoms with Crippen molar-refractivity contribution in [2.75, 3.05) is 6.61 Å². The van der Waals surface area contributed by atoms with Gasteiger partial charge in [0.25, 0.3) is 0 Å². The lowest BCUT2D eigenvalue weighted by Gasteiger charge is -2.42. The molecule has 1 N–H and O–H groups in total. The molecule has 2 atom stereocenters. The number of carbonyl (C=O) groups is 1. The fourth-order valence-corrected chi connectivity index (χ4v) is 2.27. The molecule has 0 aliphatic carbocycles. The van der Waals surface area contributed by atoms with Crippen molar-refractivity contribution in [2.45, 2.75) is 30.7 Å². The summed E-state index contributed by atoms with van der Waals surface area (Å²) in [6.45, 7) is 0.0854. The molecule has 1 fully saturated rings. The molecule has 110 valence electrons. The van der Waals surface area contributed by atoms with Crippen LogP contribution < -0.4 is 0 Å². The number of halogens is 3. The first-order chi connectivity index (χ1) is 9.37. The Bertz CT molecular complexity index is 479. The molecular weight excluding hydrogens is 279 g/mol. The molecule has 1 aliphatic rings. The molecule has 2 unspecified atom stereocenters. The summed E-state index contributed by atoms with van der Waals surface area (Å²) in [6, 6.07) is 4.39. The average molecular weight is 291 g/mol. The standard InChI is InChI=1S/C12H12F3NO4/c13-12(14,15)11(20-10(17)18)5-3-7-19-9(11)8-4-1-2-6-16-8/h1-2,4,6,9H,3,5,7H2,(H,17,18). The third kappa shape index (κ3) is 2.55. The highest BCUT2D eigenvalue weighted by Crippen LogP contribution is 2.49. The second kappa shape index (κ2) is 5.28. The van der Waals surface area contributed by atoms with Crippen molar-refractivity contribution < 1.29 is 32.5 Å². The summed E-state index contributed by atoms with van der Waals surface area (Å²) in [5, 5.41) is 8.66. The van der Waals surface area contributed by atoms with E-state index in [1.165, 1.54) is 18.3 Å². The summed E-state index contributed by atoms with van der Waals surface area (Å²) in [7, 11) is 0. The maximum atomic E-state index is 13.4. The number of nitrogens with zero attached hydrogens (tertiary/aromatic N) is 1. The predicted octanol–water partition coefficient (Wildman–Crippen LogP) is 2.93. The summed E-state index contributed by atoms with van der Waals surface area (Å²) in [5.74, 6) is 0. The predicted molar refractivity (Wildman–Crippen MR) is 60.1 cm³/mol. The Hall–Kier alpha value is -1.83. The lowest BCUT2D eigenvalue weighted by molar-refractivity contribution is -0.314. The summed E-state index contributed by atoms with van der Waals surface area (Å²) in [6.07, 6.45) is -7.62. The number of carboxylic acid groups (broad SMARTS) is 1. The lowest BCUT2D eigenvalue weighted by atomic mass is 9.85. The molecule has 0 bridgehead atoms. The summed E-state index contributed by atoms with van der Waals surface area (Å²) >= 11 is 0. The molecule has 2 rings (SSSR count). The molecule has 5 nitrogen and oxygen atoms in total. The van der Waals surface area contributed by atoms with E-state index in [2.05, 4.69) is 9.72 Å². The number of aromatic nitrogens is 1. The smallest absolute Gasteiger partial charge is 0.450 e. The molecule has 1 aliphatic heterocycles. The van der Waals surface area contributed by atoms with E-state index >= 15 is 0 Å². The van der Waals surface area contributed by atoms with Crippen LogP contribution >= 0.6 is 0 Å². The molecule has 0 amide bonds. The van der Waals surface area contributed by atoms with Crippen molar-refractivity contribution in [3.8, 4) is 0 Å². The largest absolute Gasteiger partial charge is 0.506 e. The first-order valence-corrected chi connectivity index (χ1v) is 5.88. The molecule has 8 heteroatoms. The quantitative estimate of drug-likeness (QED) is 0.848. The lowest BCUT2D eigenvalue weighted by Crippen LogP contribution is -2.56. The topological polar surface area (TPSA) is 68.7 Å². The van der Waals surface area contributed by atoms with Crippen molar-refractivity contribution in [3.63, 3.8) is 0 Å². The molecule has 0 aromatic carbocycles. The van der Waals surface area contributed by atoms with Crippen molar-refractivity contribution >= 4 is 6.16 Å². The zero-order valence-corrected chi connectivity index (χ0v) is 10.3. The SMILES string of the molecule is O=C(O)OC1(C(F)(F)F)CCCOC1c1ccccn1. The van der Waals surface area contributed by atoms with Crippen LogP contribution in [0.2, 0.25) is 0 Å². The van der Waals surface area contributed by atoms with E-state index in [1.807, 2.05) is 0 Å². The number of hydrogen-bond donors (Lipinski definition) is 1. The van der Waals surface area contributed by atoms with Gasteiger partial charge in [0.2, 0.25) is 5.60 Å². The first-order valence-electron chi connectivity index (χ1n) is 5.88. The maximum Gasteiger partial charge on any atom is 0.506 e. The molecule has 20 heavy (non-hydrogen) atoms. The Labute approximate surface area is 112 Å². The average Bonchev–Trinajstić information content (AvgIpc) is 2.38. The third-order valence-corrected chi connectivity index (χ3v) is 3.11. The van der Waals surface area contributed by atoms with Gasteiger partial charge in [0.05, 0.1) is 5.69 Å². The summed E-state index contributed by atoms with van der Waals surface area (Å²) < 4.78 is 49.6. The van der Waals surface area contributed by atoms with Gasteiger partial charge in [-0.3, -0.25) is 4.98 Å². The Morgan fingerprint density at radius 3 is 2.80 bits per heavy atom. The second-order valence-corrected chi connectivity index (χ2v) is 4.36. The van der Waals surface area contributed by atoms with Gasteiger partial charge in [0, 0.05) is 19.2 Å². The molecule has 0 saturated carbocycles. The Kier molecular flexibility index (Phi) is 3.85. The van der Waals surface area contributed by atoms with E-state index in [1.54, 1.807) is 6.07 Å². The minimum Gasteiger partial charge on any atom is -0.450 e. The van der Waals surface area contributed by atoms with Gasteiger partial charge in [-0.2, -0.15) is 13.2 Å². The summed E-state index contributed by atoms with van der Waals surface area (Å²) in [5.41, 5.74) is -2.93. The van der Waals surface area contributed by atoms with Crippen LogP contribution in [0.25, 0.3) is 0 Å². The Morgan fingerprint density at radius 1 is 1.50 bits per heavy atom. The molecule has 1 aromatic rings. The number of ether oxygens (including phenoxy) is 2. The van der Waals surface area contributed by atoms with Gasteiger partial charge in [-0.25, -0.2) is 4.79 Å². The highest BCUT2D eigenvalue weighted by molar-refractivity contribution is 5.58. The van der Waals surface area contributed by atoms with Crippen LogP contribution in [0.5, 0.6) is 0 Å². The zero-order chi connectivity index (χ0) is 14.8. The van der Waals surface area contributed by atoms with Crippen molar-refractivity contribution in [3.05, 3.63) is 30.1 Å². The van der Waals surface area contributed by atoms with E-state index in [9.17, 15) is 18.0 Å². The Morgan fingerprint density at radius 2 is 2.25 bits per heavy atom. The van der Waals surface area contributed by atoms with Gasteiger partial charge < -0.3 is 14.6 Å². The maximum absolute atomic E-state index is 13.4. The van der Waals surface area contributed by atoms with Crippen molar-refractivity contribution in [2.24, 2.45) is 0 Å². The van der Waals surface area contributed by atoms with Crippen LogP contribution in [0.1, 0.15) is 24.6 Å². The van der Waals surface area contributed by atoms with E-state index in [4.69, 9.17) is 9.84 Å². The third-order valence-electron chi connectivity index (χ3n) is 3.11. The van der Waals surface area contributed by atoms with Gasteiger partial charge in [-0.05, 0) is 18.6 Å². The van der Waals surface area contributed by atoms with Crippen LogP contribution in [-0.4, -0.2) is 34.6 Å². The fourth-order valence-electron chi connectivity index (χ4n) is 2.27. The molecule has 0 spiro atoms. The minimum atomic E-state index is -4.89. The van der Waals surface area contributed by atoms with Crippen molar-refractivity contribution in [1.82, 2.24) is 4.98 Å². The molecule has 2 heterocycles. The van der Waals surface area contributed by atoms with E-state index in [-0.39, 0.29) is 18.7 Å². The van der Waals surface area contributed by atoms with Crippen LogP contribution in [0.3, 0.4) is 0 Å². The zero-order valence-electron chi connectivity index (χ0n) is 10.3. The molecule has 1 saturated heterocycles. The fraction of sp³-hybridized carbons (Fsp3) is 0.500. The highest BCUT2D eigenvalue weighted by atomic mass is 19.4. The normalized spacial score (nSPS) is 27.1. The minimum absolute atomic E-state index is 0.00854. The number of hydrogen-bond acceptors (Lipinski definition) is 4. The Balaban J connectivity index is 2.47. The highest BCUT2D eigenvalue weighted by Gasteiger charge is 2.65.